The predicted octanol–water partition coefficient (Wildman–Crippen LogP) is 3.22. The van der Waals surface area contributed by atoms with E-state index < -0.39 is 6.23 Å². The highest BCUT2D eigenvalue weighted by molar-refractivity contribution is 7.16. The first kappa shape index (κ1) is 28.5. The van der Waals surface area contributed by atoms with Crippen molar-refractivity contribution in [2.75, 3.05) is 62.7 Å². The lowest BCUT2D eigenvalue weighted by atomic mass is 10.1. The summed E-state index contributed by atoms with van der Waals surface area (Å²) in [7, 11) is 1.94. The normalized spacial score (nSPS) is 17.4. The van der Waals surface area contributed by atoms with Gasteiger partial charge in [-0.3, -0.25) is 14.2 Å². The van der Waals surface area contributed by atoms with Gasteiger partial charge in [-0.1, -0.05) is 18.3 Å². The number of nitriles is 1. The number of aromatic nitrogens is 3. The Labute approximate surface area is 248 Å². The van der Waals surface area contributed by atoms with Crippen LogP contribution in [0.2, 0.25) is 0 Å². The number of β-amino-alcohol motifs (C(OH)–C–C–N with tert-alkyl or cyclic N) is 2. The number of aryl methyl sites for hydroxylation is 2. The molecule has 0 spiro atoms. The van der Waals surface area contributed by atoms with Gasteiger partial charge in [0.1, 0.15) is 40.2 Å². The number of nitrogens with zero attached hydrogens (tertiary/aromatic N) is 8. The van der Waals surface area contributed by atoms with Gasteiger partial charge in [-0.15, -0.1) is 0 Å². The van der Waals surface area contributed by atoms with Crippen LogP contribution in [0.3, 0.4) is 0 Å². The third-order valence-corrected chi connectivity index (χ3v) is 9.22. The monoisotopic (exact) mass is 590 g/mol. The van der Waals surface area contributed by atoms with Crippen LogP contribution in [0.1, 0.15) is 23.1 Å². The Bertz CT molecular complexity index is 1620. The zero-order valence-corrected chi connectivity index (χ0v) is 24.9. The number of fused-ring (bicyclic) bond motifs is 1. The number of anilines is 3. The summed E-state index contributed by atoms with van der Waals surface area (Å²) in [6.45, 7) is 9.14. The molecule has 2 N–H and O–H groups in total. The Hall–Kier alpha value is -3.60. The fourth-order valence-corrected chi connectivity index (χ4v) is 6.63. The van der Waals surface area contributed by atoms with Crippen LogP contribution in [0, 0.1) is 24.1 Å². The number of halogens is 1. The lowest BCUT2D eigenvalue weighted by Crippen LogP contribution is -2.59. The standard InChI is InChI=1S/C30H35FN8O2S/c1-4-24-29(35(3)30-34-27(25(14-32)42-30)20-5-7-21(31)8-6-20)39-15-22(13-19(2)28(39)33-24)37-11-9-36(10-12-37)18-26(41)38-16-23(40)17-38/h5-8,13,15,23,26,40-41H,4,9-12,16-18H2,1-3H3. The molecule has 2 aliphatic rings. The molecule has 5 heterocycles. The highest BCUT2D eigenvalue weighted by Crippen LogP contribution is 2.37. The molecule has 0 radical (unpaired) electrons. The van der Waals surface area contributed by atoms with Crippen molar-refractivity contribution in [3.05, 3.63) is 58.5 Å². The summed E-state index contributed by atoms with van der Waals surface area (Å²) in [6.07, 6.45) is 1.99. The average molecular weight is 591 g/mol. The third kappa shape index (κ3) is 5.34. The van der Waals surface area contributed by atoms with Gasteiger partial charge in [0.25, 0.3) is 0 Å². The second kappa shape index (κ2) is 11.6. The largest absolute Gasteiger partial charge is 0.390 e. The predicted molar refractivity (Wildman–Crippen MR) is 162 cm³/mol. The molecule has 6 rings (SSSR count). The van der Waals surface area contributed by atoms with Crippen LogP contribution in [-0.2, 0) is 6.42 Å². The second-order valence-corrected chi connectivity index (χ2v) is 12.0. The van der Waals surface area contributed by atoms with E-state index in [0.29, 0.717) is 40.9 Å². The van der Waals surface area contributed by atoms with E-state index in [1.807, 2.05) is 16.8 Å². The van der Waals surface area contributed by atoms with Crippen molar-refractivity contribution in [2.24, 2.45) is 0 Å². The Morgan fingerprint density at radius 3 is 2.52 bits per heavy atom. The first-order valence-electron chi connectivity index (χ1n) is 14.2. The quantitative estimate of drug-likeness (QED) is 0.320. The van der Waals surface area contributed by atoms with Crippen molar-refractivity contribution in [3.63, 3.8) is 0 Å². The Morgan fingerprint density at radius 1 is 1.17 bits per heavy atom. The maximum Gasteiger partial charge on any atom is 0.192 e. The van der Waals surface area contributed by atoms with Gasteiger partial charge < -0.3 is 20.0 Å². The number of aliphatic hydroxyl groups excluding tert-OH is 2. The van der Waals surface area contributed by atoms with Crippen molar-refractivity contribution >= 4 is 33.6 Å². The highest BCUT2D eigenvalue weighted by atomic mass is 32.1. The van der Waals surface area contributed by atoms with Crippen molar-refractivity contribution < 1.29 is 14.6 Å². The van der Waals surface area contributed by atoms with Crippen molar-refractivity contribution in [1.82, 2.24) is 24.2 Å². The van der Waals surface area contributed by atoms with E-state index in [0.717, 1.165) is 61.0 Å². The van der Waals surface area contributed by atoms with Crippen molar-refractivity contribution in [3.8, 4) is 17.3 Å². The molecule has 0 amide bonds. The van der Waals surface area contributed by atoms with Crippen LogP contribution in [0.5, 0.6) is 0 Å². The Balaban J connectivity index is 1.26. The number of likely N-dealkylation sites (tertiary alicyclic amines) is 1. The first-order valence-corrected chi connectivity index (χ1v) is 15.1. The van der Waals surface area contributed by atoms with Crippen LogP contribution in [0.4, 0.5) is 21.0 Å². The summed E-state index contributed by atoms with van der Waals surface area (Å²) in [4.78, 5) is 18.8. The summed E-state index contributed by atoms with van der Waals surface area (Å²) in [5.74, 6) is 0.570. The van der Waals surface area contributed by atoms with Crippen molar-refractivity contribution in [1.29, 1.82) is 5.26 Å². The van der Waals surface area contributed by atoms with E-state index in [1.54, 1.807) is 12.1 Å². The summed E-state index contributed by atoms with van der Waals surface area (Å²) in [5, 5.41) is 30.5. The number of imidazole rings is 1. The Kier molecular flexibility index (Phi) is 7.87. The number of aliphatic hydroxyl groups is 2. The molecule has 1 unspecified atom stereocenters. The maximum atomic E-state index is 13.5. The molecule has 220 valence electrons. The van der Waals surface area contributed by atoms with E-state index in [2.05, 4.69) is 46.4 Å². The molecule has 12 heteroatoms. The SMILES string of the molecule is CCc1nc2c(C)cc(N3CCN(CC(O)N4CC(O)C4)CC3)cn2c1N(C)c1nc(-c2ccc(F)cc2)c(C#N)s1. The molecule has 1 aromatic carbocycles. The molecule has 2 aliphatic heterocycles. The van der Waals surface area contributed by atoms with E-state index in [-0.39, 0.29) is 11.9 Å². The van der Waals surface area contributed by atoms with Crippen LogP contribution >= 0.6 is 11.3 Å². The number of hydrogen-bond donors (Lipinski definition) is 2. The molecular formula is C30H35FN8O2S. The molecular weight excluding hydrogens is 555 g/mol. The van der Waals surface area contributed by atoms with Crippen LogP contribution in [0.25, 0.3) is 16.9 Å². The molecule has 0 saturated carbocycles. The fraction of sp³-hybridized carbons (Fsp3) is 0.433. The van der Waals surface area contributed by atoms with Crippen molar-refractivity contribution in [2.45, 2.75) is 32.6 Å². The number of pyridine rings is 1. The molecule has 42 heavy (non-hydrogen) atoms. The van der Waals surface area contributed by atoms with Gasteiger partial charge in [-0.05, 0) is 49.2 Å². The molecule has 2 fully saturated rings. The van der Waals surface area contributed by atoms with Crippen LogP contribution < -0.4 is 9.80 Å². The van der Waals surface area contributed by atoms with Gasteiger partial charge >= 0.3 is 0 Å². The van der Waals surface area contributed by atoms with Crippen LogP contribution in [0.15, 0.2) is 36.5 Å². The Morgan fingerprint density at radius 2 is 1.88 bits per heavy atom. The molecule has 0 bridgehead atoms. The summed E-state index contributed by atoms with van der Waals surface area (Å²) in [6, 6.07) is 10.5. The van der Waals surface area contributed by atoms with Crippen LogP contribution in [-0.4, -0.2) is 99.6 Å². The van der Waals surface area contributed by atoms with Gasteiger partial charge in [0.15, 0.2) is 5.13 Å². The maximum absolute atomic E-state index is 13.5. The van der Waals surface area contributed by atoms with E-state index >= 15 is 0 Å². The van der Waals surface area contributed by atoms with E-state index in [4.69, 9.17) is 9.97 Å². The minimum Gasteiger partial charge on any atom is -0.390 e. The number of hydrogen-bond acceptors (Lipinski definition) is 10. The topological polar surface area (TPSA) is 107 Å². The minimum atomic E-state index is -0.550. The van der Waals surface area contributed by atoms with Gasteiger partial charge in [-0.25, -0.2) is 14.4 Å². The van der Waals surface area contributed by atoms with Gasteiger partial charge in [0, 0.05) is 64.6 Å². The van der Waals surface area contributed by atoms with E-state index in [1.165, 1.54) is 23.5 Å². The smallest absolute Gasteiger partial charge is 0.192 e. The van der Waals surface area contributed by atoms with Gasteiger partial charge in [0.05, 0.1) is 17.5 Å². The molecule has 10 nitrogen and oxygen atoms in total. The average Bonchev–Trinajstić information content (AvgIpc) is 3.58. The number of rotatable bonds is 8. The summed E-state index contributed by atoms with van der Waals surface area (Å²) in [5.41, 5.74) is 5.23. The van der Waals surface area contributed by atoms with Gasteiger partial charge in [-0.2, -0.15) is 5.26 Å². The zero-order valence-electron chi connectivity index (χ0n) is 24.0. The highest BCUT2D eigenvalue weighted by Gasteiger charge is 2.31. The fourth-order valence-electron chi connectivity index (χ4n) is 5.78. The third-order valence-electron chi connectivity index (χ3n) is 8.18. The minimum absolute atomic E-state index is 0.323. The van der Waals surface area contributed by atoms with E-state index in [9.17, 15) is 19.9 Å². The summed E-state index contributed by atoms with van der Waals surface area (Å²) >= 11 is 1.31. The number of benzene rings is 1. The molecule has 3 aromatic heterocycles. The molecule has 1 atom stereocenters. The molecule has 4 aromatic rings. The zero-order chi connectivity index (χ0) is 29.5. The summed E-state index contributed by atoms with van der Waals surface area (Å²) < 4.78 is 15.7. The number of piperazine rings is 1. The van der Waals surface area contributed by atoms with Gasteiger partial charge in [0.2, 0.25) is 0 Å². The lowest BCUT2D eigenvalue weighted by molar-refractivity contribution is -0.108. The second-order valence-electron chi connectivity index (χ2n) is 11.0. The number of thiazole rings is 1. The molecule has 0 aliphatic carbocycles. The molecule has 2 saturated heterocycles. The lowest BCUT2D eigenvalue weighted by Gasteiger charge is -2.42. The first-order chi connectivity index (χ1) is 20.2.